The number of sulfonamides is 1. The highest BCUT2D eigenvalue weighted by atomic mass is 32.2. The van der Waals surface area contributed by atoms with E-state index in [9.17, 15) is 17.2 Å². The van der Waals surface area contributed by atoms with Gasteiger partial charge in [-0.3, -0.25) is 4.99 Å². The Bertz CT molecular complexity index is 820. The lowest BCUT2D eigenvalue weighted by molar-refractivity contribution is -0.0505. The molecule has 1 aromatic rings. The van der Waals surface area contributed by atoms with E-state index < -0.39 is 16.6 Å². The minimum atomic E-state index is -3.21. The maximum atomic E-state index is 12.7. The predicted octanol–water partition coefficient (Wildman–Crippen LogP) is 1.35. The van der Waals surface area contributed by atoms with Gasteiger partial charge in [-0.25, -0.2) is 12.7 Å². The van der Waals surface area contributed by atoms with Crippen LogP contribution in [0.4, 0.5) is 8.78 Å². The van der Waals surface area contributed by atoms with Gasteiger partial charge in [0.05, 0.1) is 5.75 Å². The van der Waals surface area contributed by atoms with Gasteiger partial charge in [-0.2, -0.15) is 8.78 Å². The molecular weight excluding hydrogens is 410 g/mol. The lowest BCUT2D eigenvalue weighted by Crippen LogP contribution is -2.38. The van der Waals surface area contributed by atoms with Crippen molar-refractivity contribution in [3.63, 3.8) is 0 Å². The SMILES string of the molecule is CCS(=O)(=O)N(C)CCCNC(=NC)NCc1cc2c(cc1OC(F)F)OCO2. The molecule has 2 rings (SSSR count). The van der Waals surface area contributed by atoms with E-state index in [0.29, 0.717) is 42.5 Å². The number of nitrogens with one attached hydrogen (secondary N) is 2. The second-order valence-electron chi connectivity index (χ2n) is 6.12. The number of hydrogen-bond acceptors (Lipinski definition) is 6. The van der Waals surface area contributed by atoms with E-state index >= 15 is 0 Å². The molecule has 0 unspecified atom stereocenters. The number of hydrogen-bond donors (Lipinski definition) is 2. The van der Waals surface area contributed by atoms with Gasteiger partial charge >= 0.3 is 6.61 Å². The Morgan fingerprint density at radius 3 is 2.62 bits per heavy atom. The molecule has 0 radical (unpaired) electrons. The number of alkyl halides is 2. The zero-order valence-corrected chi connectivity index (χ0v) is 17.4. The van der Waals surface area contributed by atoms with Gasteiger partial charge in [0.25, 0.3) is 0 Å². The molecule has 0 fully saturated rings. The summed E-state index contributed by atoms with van der Waals surface area (Å²) < 4.78 is 65.2. The van der Waals surface area contributed by atoms with Gasteiger partial charge in [0.15, 0.2) is 17.5 Å². The van der Waals surface area contributed by atoms with Crippen LogP contribution in [-0.2, 0) is 16.6 Å². The van der Waals surface area contributed by atoms with E-state index in [1.165, 1.54) is 17.4 Å². The standard InChI is InChI=1S/C17H26F2N4O5S/c1-4-29(24,25)23(3)7-5-6-21-17(20-2)22-10-12-8-14-15(27-11-26-14)9-13(12)28-16(18)19/h8-9,16H,4-7,10-11H2,1-3H3,(H2,20,21,22). The summed E-state index contributed by atoms with van der Waals surface area (Å²) in [6, 6.07) is 2.94. The lowest BCUT2D eigenvalue weighted by Gasteiger charge is -2.17. The summed E-state index contributed by atoms with van der Waals surface area (Å²) in [5, 5.41) is 6.06. The van der Waals surface area contributed by atoms with E-state index in [1.54, 1.807) is 20.0 Å². The van der Waals surface area contributed by atoms with Crippen LogP contribution in [0.15, 0.2) is 17.1 Å². The molecule has 0 atom stereocenters. The van der Waals surface area contributed by atoms with Gasteiger partial charge < -0.3 is 24.8 Å². The highest BCUT2D eigenvalue weighted by Crippen LogP contribution is 2.38. The fourth-order valence-electron chi connectivity index (χ4n) is 2.58. The molecule has 29 heavy (non-hydrogen) atoms. The quantitative estimate of drug-likeness (QED) is 0.324. The molecule has 0 aromatic heterocycles. The third-order valence-corrected chi connectivity index (χ3v) is 6.09. The summed E-state index contributed by atoms with van der Waals surface area (Å²) in [5.41, 5.74) is 0.450. The fourth-order valence-corrected chi connectivity index (χ4v) is 3.42. The fraction of sp³-hybridized carbons (Fsp3) is 0.588. The van der Waals surface area contributed by atoms with Gasteiger partial charge in [-0.1, -0.05) is 0 Å². The molecule has 12 heteroatoms. The number of benzene rings is 1. The first kappa shape index (κ1) is 22.9. The average molecular weight is 436 g/mol. The van der Waals surface area contributed by atoms with Crippen molar-refractivity contribution in [2.24, 2.45) is 4.99 Å². The molecule has 2 N–H and O–H groups in total. The van der Waals surface area contributed by atoms with Crippen molar-refractivity contribution in [1.29, 1.82) is 0 Å². The first-order chi connectivity index (χ1) is 13.8. The number of nitrogens with zero attached hydrogens (tertiary/aromatic N) is 2. The van der Waals surface area contributed by atoms with Gasteiger partial charge in [0.2, 0.25) is 16.8 Å². The minimum Gasteiger partial charge on any atom is -0.454 e. The first-order valence-electron chi connectivity index (χ1n) is 9.02. The maximum absolute atomic E-state index is 12.7. The Balaban J connectivity index is 1.89. The molecule has 0 saturated carbocycles. The lowest BCUT2D eigenvalue weighted by atomic mass is 10.1. The second kappa shape index (κ2) is 10.4. The number of guanidine groups is 1. The highest BCUT2D eigenvalue weighted by Gasteiger charge is 2.20. The van der Waals surface area contributed by atoms with E-state index in [0.717, 1.165) is 0 Å². The minimum absolute atomic E-state index is 0.0152. The van der Waals surface area contributed by atoms with Crippen LogP contribution in [0.1, 0.15) is 18.9 Å². The Labute approximate surface area is 169 Å². The van der Waals surface area contributed by atoms with Crippen molar-refractivity contribution in [3.05, 3.63) is 17.7 Å². The van der Waals surface area contributed by atoms with Crippen molar-refractivity contribution >= 4 is 16.0 Å². The number of rotatable bonds is 10. The Morgan fingerprint density at radius 2 is 2.00 bits per heavy atom. The van der Waals surface area contributed by atoms with Gasteiger partial charge in [-0.15, -0.1) is 0 Å². The average Bonchev–Trinajstić information content (AvgIpc) is 3.13. The zero-order valence-electron chi connectivity index (χ0n) is 16.6. The Hall–Kier alpha value is -2.34. The second-order valence-corrected chi connectivity index (χ2v) is 8.48. The van der Waals surface area contributed by atoms with E-state index in [-0.39, 0.29) is 24.8 Å². The van der Waals surface area contributed by atoms with Crippen LogP contribution in [-0.4, -0.2) is 65.0 Å². The van der Waals surface area contributed by atoms with Crippen LogP contribution in [0.2, 0.25) is 0 Å². The molecule has 0 bridgehead atoms. The summed E-state index contributed by atoms with van der Waals surface area (Å²) >= 11 is 0. The van der Waals surface area contributed by atoms with Crippen LogP contribution >= 0.6 is 0 Å². The van der Waals surface area contributed by atoms with Gasteiger partial charge in [-0.05, 0) is 19.4 Å². The van der Waals surface area contributed by atoms with E-state index in [2.05, 4.69) is 20.4 Å². The number of halogens is 2. The molecule has 0 spiro atoms. The van der Waals surface area contributed by atoms with Gasteiger partial charge in [0.1, 0.15) is 5.75 Å². The van der Waals surface area contributed by atoms with Crippen molar-refractivity contribution < 1.29 is 31.4 Å². The molecular formula is C17H26F2N4O5S. The maximum Gasteiger partial charge on any atom is 0.387 e. The number of aliphatic imine (C=N–C) groups is 1. The summed E-state index contributed by atoms with van der Waals surface area (Å²) in [6.45, 7) is -0.353. The van der Waals surface area contributed by atoms with Crippen LogP contribution < -0.4 is 24.8 Å². The monoisotopic (exact) mass is 436 g/mol. The Morgan fingerprint density at radius 1 is 1.31 bits per heavy atom. The molecule has 164 valence electrons. The third kappa shape index (κ3) is 6.60. The topological polar surface area (TPSA) is 101 Å². The van der Waals surface area contributed by atoms with Crippen LogP contribution in [0.25, 0.3) is 0 Å². The van der Waals surface area contributed by atoms with Crippen LogP contribution in [0, 0.1) is 0 Å². The molecule has 1 heterocycles. The normalized spacial score (nSPS) is 13.8. The molecule has 1 aromatic carbocycles. The van der Waals surface area contributed by atoms with Crippen molar-refractivity contribution in [3.8, 4) is 17.2 Å². The molecule has 0 amide bonds. The summed E-state index contributed by atoms with van der Waals surface area (Å²) in [7, 11) is -0.102. The van der Waals surface area contributed by atoms with E-state index in [1.807, 2.05) is 0 Å². The molecule has 9 nitrogen and oxygen atoms in total. The van der Waals surface area contributed by atoms with Crippen LogP contribution in [0.3, 0.4) is 0 Å². The Kier molecular flexibility index (Phi) is 8.26. The third-order valence-electron chi connectivity index (χ3n) is 4.22. The number of fused-ring (bicyclic) bond motifs is 1. The number of ether oxygens (including phenoxy) is 3. The zero-order chi connectivity index (χ0) is 21.4. The molecule has 1 aliphatic heterocycles. The largest absolute Gasteiger partial charge is 0.454 e. The van der Waals surface area contributed by atoms with Crippen molar-refractivity contribution in [2.45, 2.75) is 26.5 Å². The van der Waals surface area contributed by atoms with Crippen molar-refractivity contribution in [2.75, 3.05) is 39.7 Å². The summed E-state index contributed by atoms with van der Waals surface area (Å²) in [6.07, 6.45) is 0.570. The smallest absolute Gasteiger partial charge is 0.387 e. The summed E-state index contributed by atoms with van der Waals surface area (Å²) in [5.74, 6) is 1.27. The van der Waals surface area contributed by atoms with Crippen LogP contribution in [0.5, 0.6) is 17.2 Å². The highest BCUT2D eigenvalue weighted by molar-refractivity contribution is 7.89. The first-order valence-corrected chi connectivity index (χ1v) is 10.6. The molecule has 0 saturated heterocycles. The van der Waals surface area contributed by atoms with Crippen molar-refractivity contribution in [1.82, 2.24) is 14.9 Å². The molecule has 1 aliphatic rings. The predicted molar refractivity (Wildman–Crippen MR) is 104 cm³/mol. The molecule has 0 aliphatic carbocycles. The summed E-state index contributed by atoms with van der Waals surface area (Å²) in [4.78, 5) is 4.07. The van der Waals surface area contributed by atoms with Gasteiger partial charge in [0, 0.05) is 45.4 Å². The van der Waals surface area contributed by atoms with E-state index in [4.69, 9.17) is 9.47 Å².